The van der Waals surface area contributed by atoms with Gasteiger partial charge >= 0.3 is 0 Å². The molecule has 0 aliphatic carbocycles. The van der Waals surface area contributed by atoms with E-state index in [9.17, 15) is 0 Å². The molecule has 3 rings (SSSR count). The topological polar surface area (TPSA) is 94.9 Å². The standard InChI is InChI=1S/C19H29N3O5Si/c1-19(2)25-17-16(23-12-13-9-7-6-8-10-13)15(24-18(17)26-19)14(11-21-22-20)27-28(3,4)5/h6-10,14-18H,11-12H2,1-5H3/t14-,15-,16+,17-,18-/m1/s1. The first-order valence-corrected chi connectivity index (χ1v) is 12.9. The minimum atomic E-state index is -1.92. The third kappa shape index (κ3) is 5.33. The summed E-state index contributed by atoms with van der Waals surface area (Å²) in [5.74, 6) is -0.741. The van der Waals surface area contributed by atoms with Crippen LogP contribution in [0.2, 0.25) is 19.6 Å². The smallest absolute Gasteiger partial charge is 0.190 e. The molecule has 0 aromatic heterocycles. The average molecular weight is 408 g/mol. The summed E-state index contributed by atoms with van der Waals surface area (Å²) in [5, 5.41) is 3.74. The van der Waals surface area contributed by atoms with Gasteiger partial charge in [-0.1, -0.05) is 35.4 Å². The van der Waals surface area contributed by atoms with Crippen LogP contribution in [0, 0.1) is 0 Å². The van der Waals surface area contributed by atoms with Crippen LogP contribution in [0.4, 0.5) is 0 Å². The van der Waals surface area contributed by atoms with Gasteiger partial charge in [-0.3, -0.25) is 0 Å². The second kappa shape index (κ2) is 8.50. The third-order valence-corrected chi connectivity index (χ3v) is 5.52. The average Bonchev–Trinajstić information content (AvgIpc) is 3.08. The molecule has 5 atom stereocenters. The number of fused-ring (bicyclic) bond motifs is 1. The molecule has 1 aromatic rings. The van der Waals surface area contributed by atoms with Gasteiger partial charge in [0.1, 0.15) is 18.3 Å². The fourth-order valence-corrected chi connectivity index (χ4v) is 4.66. The third-order valence-electron chi connectivity index (χ3n) is 4.51. The summed E-state index contributed by atoms with van der Waals surface area (Å²) in [6, 6.07) is 9.93. The second-order valence-corrected chi connectivity index (χ2v) is 13.0. The minimum absolute atomic E-state index is 0.166. The monoisotopic (exact) mass is 407 g/mol. The lowest BCUT2D eigenvalue weighted by Gasteiger charge is -2.34. The lowest BCUT2D eigenvalue weighted by molar-refractivity contribution is -0.228. The summed E-state index contributed by atoms with van der Waals surface area (Å²) < 4.78 is 30.7. The molecular formula is C19H29N3O5Si. The Morgan fingerprint density at radius 1 is 1.21 bits per heavy atom. The zero-order valence-electron chi connectivity index (χ0n) is 17.1. The van der Waals surface area contributed by atoms with Crippen LogP contribution >= 0.6 is 0 Å². The van der Waals surface area contributed by atoms with E-state index in [-0.39, 0.29) is 12.6 Å². The van der Waals surface area contributed by atoms with Crippen LogP contribution < -0.4 is 0 Å². The van der Waals surface area contributed by atoms with E-state index >= 15 is 0 Å². The Balaban J connectivity index is 1.80. The van der Waals surface area contributed by atoms with Crippen molar-refractivity contribution in [2.24, 2.45) is 5.11 Å². The van der Waals surface area contributed by atoms with Gasteiger partial charge in [0.15, 0.2) is 20.4 Å². The van der Waals surface area contributed by atoms with Crippen molar-refractivity contribution in [1.82, 2.24) is 0 Å². The highest BCUT2D eigenvalue weighted by atomic mass is 28.4. The molecule has 0 unspecified atom stereocenters. The van der Waals surface area contributed by atoms with Gasteiger partial charge in [-0.25, -0.2) is 0 Å². The molecule has 9 heteroatoms. The number of benzene rings is 1. The predicted molar refractivity (Wildman–Crippen MR) is 106 cm³/mol. The van der Waals surface area contributed by atoms with Crippen LogP contribution in [-0.2, 0) is 30.0 Å². The fourth-order valence-electron chi connectivity index (χ4n) is 3.54. The second-order valence-electron chi connectivity index (χ2n) is 8.51. The van der Waals surface area contributed by atoms with Crippen LogP contribution in [0.1, 0.15) is 19.4 Å². The zero-order valence-corrected chi connectivity index (χ0v) is 18.1. The Labute approximate surface area is 166 Å². The molecule has 0 N–H and O–H groups in total. The Hall–Kier alpha value is -1.45. The molecule has 1 aromatic carbocycles. The van der Waals surface area contributed by atoms with Crippen LogP contribution in [0.15, 0.2) is 35.4 Å². The molecule has 2 heterocycles. The maximum atomic E-state index is 8.80. The van der Waals surface area contributed by atoms with Gasteiger partial charge in [-0.05, 0) is 44.6 Å². The van der Waals surface area contributed by atoms with Gasteiger partial charge < -0.3 is 23.4 Å². The van der Waals surface area contributed by atoms with E-state index in [2.05, 4.69) is 29.7 Å². The SMILES string of the molecule is CC1(C)O[C@H]2O[C@H]([C@@H](CN=[N+]=[N-])O[Si](C)(C)C)[C@H](OCc3ccccc3)[C@H]2O1. The fraction of sp³-hybridized carbons (Fsp3) is 0.684. The summed E-state index contributed by atoms with van der Waals surface area (Å²) in [5.41, 5.74) is 9.85. The number of nitrogens with zero attached hydrogens (tertiary/aromatic N) is 3. The van der Waals surface area contributed by atoms with Gasteiger partial charge in [-0.2, -0.15) is 0 Å². The van der Waals surface area contributed by atoms with Crippen LogP contribution in [-0.4, -0.2) is 51.4 Å². The largest absolute Gasteiger partial charge is 0.412 e. The van der Waals surface area contributed by atoms with Crippen molar-refractivity contribution in [3.8, 4) is 0 Å². The predicted octanol–water partition coefficient (Wildman–Crippen LogP) is 3.98. The van der Waals surface area contributed by atoms with Crippen molar-refractivity contribution < 1.29 is 23.4 Å². The van der Waals surface area contributed by atoms with Crippen molar-refractivity contribution in [3.63, 3.8) is 0 Å². The van der Waals surface area contributed by atoms with Gasteiger partial charge in [0.25, 0.3) is 0 Å². The molecule has 28 heavy (non-hydrogen) atoms. The molecule has 8 nitrogen and oxygen atoms in total. The molecule has 0 radical (unpaired) electrons. The Kier molecular flexibility index (Phi) is 6.46. The lowest BCUT2D eigenvalue weighted by atomic mass is 10.1. The molecule has 154 valence electrons. The van der Waals surface area contributed by atoms with Crippen LogP contribution in [0.25, 0.3) is 10.4 Å². The zero-order chi connectivity index (χ0) is 20.4. The van der Waals surface area contributed by atoms with Crippen molar-refractivity contribution in [3.05, 3.63) is 46.3 Å². The van der Waals surface area contributed by atoms with E-state index < -0.39 is 38.7 Å². The molecule has 0 bridgehead atoms. The number of hydrogen-bond acceptors (Lipinski definition) is 6. The van der Waals surface area contributed by atoms with E-state index in [1.165, 1.54) is 0 Å². The van der Waals surface area contributed by atoms with E-state index in [1.54, 1.807) is 0 Å². The highest BCUT2D eigenvalue weighted by Crippen LogP contribution is 2.40. The minimum Gasteiger partial charge on any atom is -0.412 e. The lowest BCUT2D eigenvalue weighted by Crippen LogP contribution is -2.48. The Morgan fingerprint density at radius 3 is 2.57 bits per heavy atom. The molecule has 0 spiro atoms. The molecule has 0 saturated carbocycles. The summed E-state index contributed by atoms with van der Waals surface area (Å²) in [4.78, 5) is 2.89. The maximum Gasteiger partial charge on any atom is 0.190 e. The van der Waals surface area contributed by atoms with Gasteiger partial charge in [0.05, 0.1) is 19.3 Å². The van der Waals surface area contributed by atoms with Crippen molar-refractivity contribution in [2.45, 2.75) is 76.6 Å². The van der Waals surface area contributed by atoms with Crippen LogP contribution in [0.3, 0.4) is 0 Å². The van der Waals surface area contributed by atoms with Crippen LogP contribution in [0.5, 0.6) is 0 Å². The van der Waals surface area contributed by atoms with Crippen molar-refractivity contribution in [1.29, 1.82) is 0 Å². The normalized spacial score (nSPS) is 29.9. The molecule has 0 amide bonds. The quantitative estimate of drug-likeness (QED) is 0.281. The number of ether oxygens (including phenoxy) is 4. The van der Waals surface area contributed by atoms with E-state index in [1.807, 2.05) is 44.2 Å². The first-order chi connectivity index (χ1) is 13.2. The Morgan fingerprint density at radius 2 is 1.93 bits per heavy atom. The first kappa shape index (κ1) is 21.3. The molecule has 2 aliphatic heterocycles. The Bertz CT molecular complexity index is 705. The van der Waals surface area contributed by atoms with Crippen molar-refractivity contribution in [2.75, 3.05) is 6.54 Å². The van der Waals surface area contributed by atoms with E-state index in [4.69, 9.17) is 28.9 Å². The highest BCUT2D eigenvalue weighted by Gasteiger charge is 2.57. The summed E-state index contributed by atoms with van der Waals surface area (Å²) in [7, 11) is -1.92. The summed E-state index contributed by atoms with van der Waals surface area (Å²) in [6.45, 7) is 10.5. The molecule has 2 fully saturated rings. The van der Waals surface area contributed by atoms with Crippen molar-refractivity contribution >= 4 is 8.32 Å². The first-order valence-electron chi connectivity index (χ1n) is 9.54. The summed E-state index contributed by atoms with van der Waals surface area (Å²) >= 11 is 0. The highest BCUT2D eigenvalue weighted by molar-refractivity contribution is 6.69. The van der Waals surface area contributed by atoms with Gasteiger partial charge in [-0.15, -0.1) is 0 Å². The number of azide groups is 1. The summed E-state index contributed by atoms with van der Waals surface area (Å²) in [6.07, 6.45) is -2.19. The van der Waals surface area contributed by atoms with Gasteiger partial charge in [0.2, 0.25) is 0 Å². The number of rotatable bonds is 8. The number of hydrogen-bond donors (Lipinski definition) is 0. The van der Waals surface area contributed by atoms with Gasteiger partial charge in [0, 0.05) is 4.91 Å². The van der Waals surface area contributed by atoms with E-state index in [0.29, 0.717) is 6.61 Å². The molecule has 2 aliphatic rings. The molecule has 2 saturated heterocycles. The maximum absolute atomic E-state index is 8.80. The van der Waals surface area contributed by atoms with E-state index in [0.717, 1.165) is 5.56 Å². The molecular weight excluding hydrogens is 378 g/mol.